The summed E-state index contributed by atoms with van der Waals surface area (Å²) in [6.07, 6.45) is 3.97. The number of benzene rings is 1. The standard InChI is InChI=1S/C18H28N2/c1-13-11-17(20-9-5-6-10-20)15-12-14(18(2,3)4)7-8-16(15)19-13/h7-8,12-13,17,19H,5-6,9-11H2,1-4H3. The molecule has 0 radical (unpaired) electrons. The summed E-state index contributed by atoms with van der Waals surface area (Å²) >= 11 is 0. The van der Waals surface area contributed by atoms with Gasteiger partial charge in [-0.1, -0.05) is 32.9 Å². The minimum atomic E-state index is 0.230. The van der Waals surface area contributed by atoms with Crippen molar-refractivity contribution < 1.29 is 0 Å². The van der Waals surface area contributed by atoms with Crippen LogP contribution in [0.1, 0.15) is 64.1 Å². The zero-order valence-corrected chi connectivity index (χ0v) is 13.4. The van der Waals surface area contributed by atoms with Crippen LogP contribution in [0, 0.1) is 0 Å². The largest absolute Gasteiger partial charge is 0.382 e. The SMILES string of the molecule is CC1CC(N2CCCC2)c2cc(C(C)(C)C)ccc2N1. The van der Waals surface area contributed by atoms with Crippen LogP contribution in [0.2, 0.25) is 0 Å². The Bertz CT molecular complexity index is 481. The molecule has 0 amide bonds. The fourth-order valence-electron chi connectivity index (χ4n) is 3.62. The summed E-state index contributed by atoms with van der Waals surface area (Å²) in [6.45, 7) is 11.8. The van der Waals surface area contributed by atoms with Crippen LogP contribution in [-0.2, 0) is 5.41 Å². The van der Waals surface area contributed by atoms with E-state index in [2.05, 4.69) is 56.1 Å². The molecule has 1 N–H and O–H groups in total. The van der Waals surface area contributed by atoms with E-state index in [1.54, 1.807) is 0 Å². The van der Waals surface area contributed by atoms with Crippen molar-refractivity contribution in [2.75, 3.05) is 18.4 Å². The maximum absolute atomic E-state index is 3.67. The molecule has 2 aliphatic heterocycles. The molecule has 0 saturated carbocycles. The molecule has 2 unspecified atom stereocenters. The highest BCUT2D eigenvalue weighted by Gasteiger charge is 2.31. The smallest absolute Gasteiger partial charge is 0.0391 e. The van der Waals surface area contributed by atoms with E-state index in [-0.39, 0.29) is 5.41 Å². The van der Waals surface area contributed by atoms with Crippen molar-refractivity contribution in [2.24, 2.45) is 0 Å². The van der Waals surface area contributed by atoms with Crippen LogP contribution in [0.4, 0.5) is 5.69 Å². The third-order valence-corrected chi connectivity index (χ3v) is 4.84. The van der Waals surface area contributed by atoms with Crippen LogP contribution in [-0.4, -0.2) is 24.0 Å². The van der Waals surface area contributed by atoms with Crippen LogP contribution in [0.3, 0.4) is 0 Å². The molecule has 1 aromatic rings. The third kappa shape index (κ3) is 2.58. The van der Waals surface area contributed by atoms with Gasteiger partial charge in [0, 0.05) is 17.8 Å². The van der Waals surface area contributed by atoms with Crippen LogP contribution in [0.5, 0.6) is 0 Å². The topological polar surface area (TPSA) is 15.3 Å². The lowest BCUT2D eigenvalue weighted by atomic mass is 9.83. The van der Waals surface area contributed by atoms with Gasteiger partial charge in [-0.25, -0.2) is 0 Å². The van der Waals surface area contributed by atoms with Crippen LogP contribution in [0.15, 0.2) is 18.2 Å². The molecule has 0 aliphatic carbocycles. The zero-order valence-electron chi connectivity index (χ0n) is 13.4. The zero-order chi connectivity index (χ0) is 14.3. The lowest BCUT2D eigenvalue weighted by molar-refractivity contribution is 0.223. The first-order chi connectivity index (χ1) is 9.45. The van der Waals surface area contributed by atoms with E-state index in [0.29, 0.717) is 12.1 Å². The predicted octanol–water partition coefficient (Wildman–Crippen LogP) is 4.33. The quantitative estimate of drug-likeness (QED) is 0.819. The van der Waals surface area contributed by atoms with E-state index in [4.69, 9.17) is 0 Å². The van der Waals surface area contributed by atoms with Gasteiger partial charge in [-0.3, -0.25) is 4.90 Å². The Balaban J connectivity index is 1.99. The van der Waals surface area contributed by atoms with Crippen molar-refractivity contribution in [3.63, 3.8) is 0 Å². The Kier molecular flexibility index (Phi) is 3.53. The highest BCUT2D eigenvalue weighted by molar-refractivity contribution is 5.57. The maximum atomic E-state index is 3.67. The summed E-state index contributed by atoms with van der Waals surface area (Å²) in [5, 5.41) is 3.67. The summed E-state index contributed by atoms with van der Waals surface area (Å²) in [6, 6.07) is 8.25. The second-order valence-corrected chi connectivity index (χ2v) is 7.59. The first kappa shape index (κ1) is 13.9. The highest BCUT2D eigenvalue weighted by atomic mass is 15.2. The molecule has 20 heavy (non-hydrogen) atoms. The van der Waals surface area contributed by atoms with Crippen LogP contribution >= 0.6 is 0 Å². The van der Waals surface area contributed by atoms with Gasteiger partial charge in [0.15, 0.2) is 0 Å². The van der Waals surface area contributed by atoms with E-state index in [9.17, 15) is 0 Å². The Labute approximate surface area is 123 Å². The van der Waals surface area contributed by atoms with Gasteiger partial charge in [0.05, 0.1) is 0 Å². The summed E-state index contributed by atoms with van der Waals surface area (Å²) < 4.78 is 0. The Morgan fingerprint density at radius 2 is 1.85 bits per heavy atom. The first-order valence-corrected chi connectivity index (χ1v) is 8.10. The highest BCUT2D eigenvalue weighted by Crippen LogP contribution is 2.40. The number of rotatable bonds is 1. The van der Waals surface area contributed by atoms with E-state index < -0.39 is 0 Å². The van der Waals surface area contributed by atoms with E-state index in [1.165, 1.54) is 49.2 Å². The first-order valence-electron chi connectivity index (χ1n) is 8.10. The number of hydrogen-bond donors (Lipinski definition) is 1. The number of fused-ring (bicyclic) bond motifs is 1. The van der Waals surface area contributed by atoms with Gasteiger partial charge in [0.1, 0.15) is 0 Å². The van der Waals surface area contributed by atoms with Crippen molar-refractivity contribution in [2.45, 2.75) is 64.5 Å². The van der Waals surface area contributed by atoms with Gasteiger partial charge in [-0.2, -0.15) is 0 Å². The number of nitrogens with zero attached hydrogens (tertiary/aromatic N) is 1. The van der Waals surface area contributed by atoms with Crippen molar-refractivity contribution >= 4 is 5.69 Å². The molecule has 0 bridgehead atoms. The Morgan fingerprint density at radius 3 is 2.50 bits per heavy atom. The number of likely N-dealkylation sites (tertiary alicyclic amines) is 1. The molecule has 1 fully saturated rings. The number of nitrogens with one attached hydrogen (secondary N) is 1. The molecule has 2 heterocycles. The maximum Gasteiger partial charge on any atom is 0.0391 e. The molecule has 1 saturated heterocycles. The molecule has 2 aliphatic rings. The monoisotopic (exact) mass is 272 g/mol. The molecular weight excluding hydrogens is 244 g/mol. The molecule has 2 heteroatoms. The summed E-state index contributed by atoms with van der Waals surface area (Å²) in [7, 11) is 0. The number of hydrogen-bond acceptors (Lipinski definition) is 2. The second-order valence-electron chi connectivity index (χ2n) is 7.59. The molecule has 3 rings (SSSR count). The minimum Gasteiger partial charge on any atom is -0.382 e. The summed E-state index contributed by atoms with van der Waals surface area (Å²) in [5.74, 6) is 0. The second kappa shape index (κ2) is 5.07. The minimum absolute atomic E-state index is 0.230. The van der Waals surface area contributed by atoms with E-state index >= 15 is 0 Å². The molecule has 0 aromatic heterocycles. The molecular formula is C18H28N2. The normalized spacial score (nSPS) is 27.2. The van der Waals surface area contributed by atoms with Crippen molar-refractivity contribution in [1.82, 2.24) is 4.90 Å². The molecule has 1 aromatic carbocycles. The average Bonchev–Trinajstić information content (AvgIpc) is 2.89. The van der Waals surface area contributed by atoms with Crippen LogP contribution in [0.25, 0.3) is 0 Å². The lowest BCUT2D eigenvalue weighted by Crippen LogP contribution is -2.35. The van der Waals surface area contributed by atoms with Gasteiger partial charge in [0.2, 0.25) is 0 Å². The molecule has 110 valence electrons. The van der Waals surface area contributed by atoms with Gasteiger partial charge < -0.3 is 5.32 Å². The number of anilines is 1. The van der Waals surface area contributed by atoms with Gasteiger partial charge in [0.25, 0.3) is 0 Å². The van der Waals surface area contributed by atoms with Crippen molar-refractivity contribution in [3.8, 4) is 0 Å². The fraction of sp³-hybridized carbons (Fsp3) is 0.667. The van der Waals surface area contributed by atoms with Gasteiger partial charge in [-0.15, -0.1) is 0 Å². The average molecular weight is 272 g/mol. The Hall–Kier alpha value is -1.02. The third-order valence-electron chi connectivity index (χ3n) is 4.84. The molecule has 2 atom stereocenters. The summed E-state index contributed by atoms with van der Waals surface area (Å²) in [4.78, 5) is 2.70. The van der Waals surface area contributed by atoms with Crippen LogP contribution < -0.4 is 5.32 Å². The predicted molar refractivity (Wildman–Crippen MR) is 86.4 cm³/mol. The van der Waals surface area contributed by atoms with Gasteiger partial charge in [-0.05, 0) is 61.9 Å². The van der Waals surface area contributed by atoms with Gasteiger partial charge >= 0.3 is 0 Å². The fourth-order valence-corrected chi connectivity index (χ4v) is 3.62. The van der Waals surface area contributed by atoms with E-state index in [1.807, 2.05) is 0 Å². The van der Waals surface area contributed by atoms with Crippen molar-refractivity contribution in [3.05, 3.63) is 29.3 Å². The molecule has 2 nitrogen and oxygen atoms in total. The summed E-state index contributed by atoms with van der Waals surface area (Å²) in [5.41, 5.74) is 4.57. The molecule has 0 spiro atoms. The Morgan fingerprint density at radius 1 is 1.15 bits per heavy atom. The van der Waals surface area contributed by atoms with E-state index in [0.717, 1.165) is 0 Å². The van der Waals surface area contributed by atoms with Crippen molar-refractivity contribution in [1.29, 1.82) is 0 Å². The lowest BCUT2D eigenvalue weighted by Gasteiger charge is -2.38.